The van der Waals surface area contributed by atoms with Gasteiger partial charge in [0, 0.05) is 5.56 Å². The second-order valence-electron chi connectivity index (χ2n) is 2.71. The monoisotopic (exact) mass is 196 g/mol. The Balaban J connectivity index is 2.76. The SMILES string of the molecule is C=C1NNS(=O)(=O)c2ccccc21. The van der Waals surface area contributed by atoms with Crippen LogP contribution in [0.2, 0.25) is 0 Å². The molecule has 0 amide bonds. The van der Waals surface area contributed by atoms with Crippen molar-refractivity contribution in [2.75, 3.05) is 0 Å². The summed E-state index contributed by atoms with van der Waals surface area (Å²) in [7, 11) is -3.40. The third kappa shape index (κ3) is 1.22. The Kier molecular flexibility index (Phi) is 1.64. The molecular weight excluding hydrogens is 188 g/mol. The lowest BCUT2D eigenvalue weighted by atomic mass is 10.2. The van der Waals surface area contributed by atoms with E-state index in [1.165, 1.54) is 0 Å². The first-order valence-electron chi connectivity index (χ1n) is 3.67. The van der Waals surface area contributed by atoms with Gasteiger partial charge in [0.25, 0.3) is 10.0 Å². The van der Waals surface area contributed by atoms with Crippen LogP contribution >= 0.6 is 0 Å². The molecule has 13 heavy (non-hydrogen) atoms. The lowest BCUT2D eigenvalue weighted by Crippen LogP contribution is -2.40. The van der Waals surface area contributed by atoms with Gasteiger partial charge in [-0.25, -0.2) is 8.42 Å². The van der Waals surface area contributed by atoms with Crippen LogP contribution in [-0.4, -0.2) is 8.42 Å². The fraction of sp³-hybridized carbons (Fsp3) is 0. The standard InChI is InChI=1S/C8H8N2O2S/c1-6-7-4-2-3-5-8(7)13(11,12)10-9-6/h2-5,9-10H,1H2. The molecule has 68 valence electrons. The van der Waals surface area contributed by atoms with E-state index in [1.54, 1.807) is 24.3 Å². The molecule has 0 unspecified atom stereocenters. The maximum absolute atomic E-state index is 11.4. The molecule has 0 aromatic heterocycles. The molecule has 1 heterocycles. The highest BCUT2D eigenvalue weighted by atomic mass is 32.2. The first-order chi connectivity index (χ1) is 6.11. The van der Waals surface area contributed by atoms with E-state index in [1.807, 2.05) is 0 Å². The third-order valence-corrected chi connectivity index (χ3v) is 3.14. The van der Waals surface area contributed by atoms with Crippen LogP contribution in [0.3, 0.4) is 0 Å². The van der Waals surface area contributed by atoms with Crippen LogP contribution in [0, 0.1) is 0 Å². The van der Waals surface area contributed by atoms with E-state index in [0.29, 0.717) is 11.3 Å². The molecule has 0 bridgehead atoms. The number of fused-ring (bicyclic) bond motifs is 1. The number of hydrogen-bond acceptors (Lipinski definition) is 3. The molecule has 4 nitrogen and oxygen atoms in total. The summed E-state index contributed by atoms with van der Waals surface area (Å²) < 4.78 is 22.8. The Labute approximate surface area is 76.3 Å². The van der Waals surface area contributed by atoms with Gasteiger partial charge in [-0.1, -0.05) is 24.8 Å². The van der Waals surface area contributed by atoms with Crippen molar-refractivity contribution in [2.24, 2.45) is 0 Å². The molecule has 2 N–H and O–H groups in total. The molecule has 1 aliphatic heterocycles. The normalized spacial score (nSPS) is 18.9. The lowest BCUT2D eigenvalue weighted by molar-refractivity contribution is 0.571. The van der Waals surface area contributed by atoms with Gasteiger partial charge in [-0.15, -0.1) is 4.83 Å². The van der Waals surface area contributed by atoms with Crippen molar-refractivity contribution in [1.82, 2.24) is 10.3 Å². The van der Waals surface area contributed by atoms with Crippen LogP contribution in [0.5, 0.6) is 0 Å². The number of nitrogens with one attached hydrogen (secondary N) is 2. The largest absolute Gasteiger partial charge is 0.308 e. The summed E-state index contributed by atoms with van der Waals surface area (Å²) in [5.41, 5.74) is 3.67. The Morgan fingerprint density at radius 3 is 2.62 bits per heavy atom. The van der Waals surface area contributed by atoms with Crippen molar-refractivity contribution in [3.63, 3.8) is 0 Å². The molecule has 0 atom stereocenters. The van der Waals surface area contributed by atoms with E-state index in [2.05, 4.69) is 16.8 Å². The van der Waals surface area contributed by atoms with E-state index in [0.717, 1.165) is 0 Å². The van der Waals surface area contributed by atoms with Gasteiger partial charge in [-0.3, -0.25) is 0 Å². The van der Waals surface area contributed by atoms with Gasteiger partial charge in [0.05, 0.1) is 10.6 Å². The smallest absolute Gasteiger partial charge is 0.257 e. The number of hydrogen-bond donors (Lipinski definition) is 2. The van der Waals surface area contributed by atoms with Gasteiger partial charge in [-0.2, -0.15) is 0 Å². The van der Waals surface area contributed by atoms with Gasteiger partial charge in [0.15, 0.2) is 0 Å². The number of benzene rings is 1. The molecule has 0 aliphatic carbocycles. The topological polar surface area (TPSA) is 58.2 Å². The predicted molar refractivity (Wildman–Crippen MR) is 48.9 cm³/mol. The molecule has 0 spiro atoms. The summed E-state index contributed by atoms with van der Waals surface area (Å²) in [5, 5.41) is 0. The zero-order chi connectivity index (χ0) is 9.47. The number of hydrazine groups is 1. The Hall–Kier alpha value is -1.33. The average Bonchev–Trinajstić information content (AvgIpc) is 2.13. The maximum Gasteiger partial charge on any atom is 0.257 e. The van der Waals surface area contributed by atoms with Gasteiger partial charge in [0.1, 0.15) is 0 Å². The van der Waals surface area contributed by atoms with Crippen molar-refractivity contribution in [2.45, 2.75) is 4.90 Å². The predicted octanol–water partition coefficient (Wildman–Crippen LogP) is 0.454. The second kappa shape index (κ2) is 2.58. The van der Waals surface area contributed by atoms with E-state index in [4.69, 9.17) is 0 Å². The van der Waals surface area contributed by atoms with Gasteiger partial charge in [0.2, 0.25) is 0 Å². The van der Waals surface area contributed by atoms with Crippen molar-refractivity contribution in [3.05, 3.63) is 36.4 Å². The highest BCUT2D eigenvalue weighted by Crippen LogP contribution is 2.22. The van der Waals surface area contributed by atoms with Crippen molar-refractivity contribution < 1.29 is 8.42 Å². The summed E-state index contributed by atoms with van der Waals surface area (Å²) in [6.07, 6.45) is 0. The summed E-state index contributed by atoms with van der Waals surface area (Å²) in [5.74, 6) is 0. The maximum atomic E-state index is 11.4. The van der Waals surface area contributed by atoms with Crippen molar-refractivity contribution >= 4 is 15.7 Å². The fourth-order valence-corrected chi connectivity index (χ4v) is 2.31. The number of rotatable bonds is 0. The lowest BCUT2D eigenvalue weighted by Gasteiger charge is -2.20. The Morgan fingerprint density at radius 2 is 1.92 bits per heavy atom. The molecule has 0 saturated heterocycles. The van der Waals surface area contributed by atoms with Crippen LogP contribution in [0.1, 0.15) is 5.56 Å². The minimum absolute atomic E-state index is 0.263. The zero-order valence-electron chi connectivity index (χ0n) is 6.74. The van der Waals surface area contributed by atoms with E-state index < -0.39 is 10.0 Å². The van der Waals surface area contributed by atoms with Crippen LogP contribution in [-0.2, 0) is 10.0 Å². The third-order valence-electron chi connectivity index (χ3n) is 1.84. The zero-order valence-corrected chi connectivity index (χ0v) is 7.56. The van der Waals surface area contributed by atoms with Crippen molar-refractivity contribution in [3.8, 4) is 0 Å². The van der Waals surface area contributed by atoms with Crippen LogP contribution in [0.4, 0.5) is 0 Å². The molecule has 1 aromatic rings. The molecule has 5 heteroatoms. The molecule has 1 aliphatic rings. The molecular formula is C8H8N2O2S. The Morgan fingerprint density at radius 1 is 1.23 bits per heavy atom. The molecule has 2 rings (SSSR count). The van der Waals surface area contributed by atoms with E-state index in [9.17, 15) is 8.42 Å². The van der Waals surface area contributed by atoms with Crippen LogP contribution in [0.15, 0.2) is 35.7 Å². The first kappa shape index (κ1) is 8.28. The number of sulfonamides is 1. The van der Waals surface area contributed by atoms with Crippen LogP contribution in [0.25, 0.3) is 5.70 Å². The Bertz CT molecular complexity index is 465. The summed E-state index contributed by atoms with van der Waals surface area (Å²) in [6, 6.07) is 6.70. The van der Waals surface area contributed by atoms with Gasteiger partial charge >= 0.3 is 0 Å². The highest BCUT2D eigenvalue weighted by Gasteiger charge is 2.23. The summed E-state index contributed by atoms with van der Waals surface area (Å²) in [6.45, 7) is 3.68. The fourth-order valence-electron chi connectivity index (χ4n) is 1.20. The highest BCUT2D eigenvalue weighted by molar-refractivity contribution is 7.89. The molecule has 0 radical (unpaired) electrons. The minimum Gasteiger partial charge on any atom is -0.308 e. The summed E-state index contributed by atoms with van der Waals surface area (Å²) in [4.78, 5) is 2.45. The molecule has 0 saturated carbocycles. The quantitative estimate of drug-likeness (QED) is 0.633. The van der Waals surface area contributed by atoms with E-state index >= 15 is 0 Å². The molecule has 1 aromatic carbocycles. The minimum atomic E-state index is -3.40. The van der Waals surface area contributed by atoms with E-state index in [-0.39, 0.29) is 4.90 Å². The van der Waals surface area contributed by atoms with Crippen LogP contribution < -0.4 is 10.3 Å². The van der Waals surface area contributed by atoms with Gasteiger partial charge in [-0.05, 0) is 6.07 Å². The first-order valence-corrected chi connectivity index (χ1v) is 5.16. The second-order valence-corrected chi connectivity index (χ2v) is 4.36. The van der Waals surface area contributed by atoms with Gasteiger partial charge < -0.3 is 5.43 Å². The van der Waals surface area contributed by atoms with Crippen molar-refractivity contribution in [1.29, 1.82) is 0 Å². The average molecular weight is 196 g/mol. The summed E-state index contributed by atoms with van der Waals surface area (Å²) >= 11 is 0. The molecule has 0 fully saturated rings.